The molecule has 0 saturated carbocycles. The minimum atomic E-state index is -3.98. The first kappa shape index (κ1) is 19.4. The second-order valence-corrected chi connectivity index (χ2v) is 7.58. The van der Waals surface area contributed by atoms with Crippen LogP contribution in [0.5, 0.6) is 5.75 Å². The van der Waals surface area contributed by atoms with E-state index in [4.69, 9.17) is 9.26 Å². The summed E-state index contributed by atoms with van der Waals surface area (Å²) in [4.78, 5) is 12.7. The molecule has 9 heteroatoms. The number of anilines is 2. The van der Waals surface area contributed by atoms with Gasteiger partial charge in [-0.2, -0.15) is 0 Å². The summed E-state index contributed by atoms with van der Waals surface area (Å²) in [6, 6.07) is 13.2. The summed E-state index contributed by atoms with van der Waals surface area (Å²) in [5.74, 6) is 0.173. The fourth-order valence-corrected chi connectivity index (χ4v) is 4.17. The zero-order chi connectivity index (χ0) is 20.3. The summed E-state index contributed by atoms with van der Waals surface area (Å²) < 4.78 is 38.2. The molecule has 2 N–H and O–H groups in total. The van der Waals surface area contributed by atoms with Crippen molar-refractivity contribution in [2.45, 2.75) is 18.7 Å². The Morgan fingerprint density at radius 3 is 2.32 bits per heavy atom. The second kappa shape index (κ2) is 7.73. The molecule has 1 amide bonds. The molecule has 0 spiro atoms. The molecule has 1 aromatic heterocycles. The van der Waals surface area contributed by atoms with E-state index in [9.17, 15) is 13.2 Å². The van der Waals surface area contributed by atoms with Gasteiger partial charge in [0.2, 0.25) is 0 Å². The van der Waals surface area contributed by atoms with E-state index in [0.717, 1.165) is 0 Å². The quantitative estimate of drug-likeness (QED) is 0.655. The Morgan fingerprint density at radius 1 is 1.04 bits per heavy atom. The number of nitrogens with zero attached hydrogens (tertiary/aromatic N) is 1. The molecular formula is C19H19N3O5S. The van der Waals surface area contributed by atoms with Crippen LogP contribution in [-0.4, -0.2) is 26.6 Å². The molecule has 28 heavy (non-hydrogen) atoms. The van der Waals surface area contributed by atoms with Crippen molar-refractivity contribution in [1.29, 1.82) is 0 Å². The van der Waals surface area contributed by atoms with E-state index < -0.39 is 15.9 Å². The first-order chi connectivity index (χ1) is 13.3. The Morgan fingerprint density at radius 2 is 1.68 bits per heavy atom. The average molecular weight is 401 g/mol. The highest BCUT2D eigenvalue weighted by molar-refractivity contribution is 7.92. The number of nitrogens with one attached hydrogen (secondary N) is 2. The lowest BCUT2D eigenvalue weighted by molar-refractivity contribution is 0.102. The van der Waals surface area contributed by atoms with Gasteiger partial charge in [-0.05, 0) is 38.1 Å². The third kappa shape index (κ3) is 3.84. The third-order valence-corrected chi connectivity index (χ3v) is 5.62. The minimum absolute atomic E-state index is 0.0487. The summed E-state index contributed by atoms with van der Waals surface area (Å²) >= 11 is 0. The largest absolute Gasteiger partial charge is 0.495 e. The molecule has 8 nitrogen and oxygen atoms in total. The van der Waals surface area contributed by atoms with Crippen molar-refractivity contribution in [1.82, 2.24) is 5.16 Å². The number of hydrogen-bond acceptors (Lipinski definition) is 6. The number of aromatic nitrogens is 1. The standard InChI is InChI=1S/C19H19N3O5S/c1-12-18(13(2)27-21-12)28(24,25)22-15-9-5-4-8-14(15)19(23)20-16-10-6-7-11-17(16)26-3/h4-11,22H,1-3H3,(H,20,23). The lowest BCUT2D eigenvalue weighted by Gasteiger charge is -2.14. The lowest BCUT2D eigenvalue weighted by atomic mass is 10.1. The number of aryl methyl sites for hydroxylation is 2. The van der Waals surface area contributed by atoms with Crippen molar-refractivity contribution in [3.8, 4) is 5.75 Å². The summed E-state index contributed by atoms with van der Waals surface area (Å²) in [6.07, 6.45) is 0. The SMILES string of the molecule is COc1ccccc1NC(=O)c1ccccc1NS(=O)(=O)c1c(C)noc1C. The van der Waals surface area contributed by atoms with Gasteiger partial charge in [0.25, 0.3) is 15.9 Å². The van der Waals surface area contributed by atoms with Crippen LogP contribution in [0, 0.1) is 13.8 Å². The number of rotatable bonds is 6. The first-order valence-corrected chi connectivity index (χ1v) is 9.81. The summed E-state index contributed by atoms with van der Waals surface area (Å²) in [5.41, 5.74) is 0.998. The fourth-order valence-electron chi connectivity index (χ4n) is 2.76. The van der Waals surface area contributed by atoms with Gasteiger partial charge in [-0.15, -0.1) is 0 Å². The van der Waals surface area contributed by atoms with E-state index in [1.807, 2.05) is 0 Å². The number of hydrogen-bond donors (Lipinski definition) is 2. The Kier molecular flexibility index (Phi) is 5.36. The van der Waals surface area contributed by atoms with Crippen molar-refractivity contribution in [3.63, 3.8) is 0 Å². The Balaban J connectivity index is 1.92. The number of sulfonamides is 1. The third-order valence-electron chi connectivity index (χ3n) is 4.01. The van der Waals surface area contributed by atoms with Gasteiger partial charge in [0, 0.05) is 0 Å². The molecule has 3 aromatic rings. The molecule has 0 aliphatic carbocycles. The van der Waals surface area contributed by atoms with Crippen LogP contribution >= 0.6 is 0 Å². The van der Waals surface area contributed by atoms with Crippen LogP contribution in [0.2, 0.25) is 0 Å². The summed E-state index contributed by atoms with van der Waals surface area (Å²) in [7, 11) is -2.49. The highest BCUT2D eigenvalue weighted by atomic mass is 32.2. The molecule has 0 fully saturated rings. The molecule has 146 valence electrons. The predicted octanol–water partition coefficient (Wildman–Crippen LogP) is 3.35. The molecule has 0 aliphatic rings. The Hall–Kier alpha value is -3.33. The Bertz CT molecular complexity index is 1100. The van der Waals surface area contributed by atoms with Gasteiger partial charge in [-0.3, -0.25) is 9.52 Å². The fraction of sp³-hybridized carbons (Fsp3) is 0.158. The van der Waals surface area contributed by atoms with Gasteiger partial charge >= 0.3 is 0 Å². The molecule has 0 aliphatic heterocycles. The molecule has 0 radical (unpaired) electrons. The van der Waals surface area contributed by atoms with Crippen molar-refractivity contribution < 1.29 is 22.5 Å². The summed E-state index contributed by atoms with van der Waals surface area (Å²) in [6.45, 7) is 3.04. The zero-order valence-corrected chi connectivity index (χ0v) is 16.3. The predicted molar refractivity (Wildman–Crippen MR) is 104 cm³/mol. The molecule has 0 bridgehead atoms. The molecular weight excluding hydrogens is 382 g/mol. The smallest absolute Gasteiger partial charge is 0.267 e. The van der Waals surface area contributed by atoms with Gasteiger partial charge < -0.3 is 14.6 Å². The van der Waals surface area contributed by atoms with Crippen molar-refractivity contribution in [2.24, 2.45) is 0 Å². The maximum Gasteiger partial charge on any atom is 0.267 e. The van der Waals surface area contributed by atoms with Gasteiger partial charge in [-0.1, -0.05) is 29.4 Å². The summed E-state index contributed by atoms with van der Waals surface area (Å²) in [5, 5.41) is 6.40. The topological polar surface area (TPSA) is 111 Å². The zero-order valence-electron chi connectivity index (χ0n) is 15.5. The van der Waals surface area contributed by atoms with E-state index in [1.54, 1.807) is 36.4 Å². The minimum Gasteiger partial charge on any atom is -0.495 e. The van der Waals surface area contributed by atoms with Crippen molar-refractivity contribution in [2.75, 3.05) is 17.1 Å². The Labute approximate surface area is 162 Å². The normalized spacial score (nSPS) is 11.1. The van der Waals surface area contributed by atoms with Crippen LogP contribution in [0.25, 0.3) is 0 Å². The van der Waals surface area contributed by atoms with Crippen LogP contribution in [0.15, 0.2) is 57.9 Å². The molecule has 0 saturated heterocycles. The monoisotopic (exact) mass is 401 g/mol. The van der Waals surface area contributed by atoms with E-state index in [-0.39, 0.29) is 27.6 Å². The van der Waals surface area contributed by atoms with Crippen LogP contribution < -0.4 is 14.8 Å². The number of methoxy groups -OCH3 is 1. The molecule has 0 atom stereocenters. The highest BCUT2D eigenvalue weighted by Gasteiger charge is 2.26. The lowest BCUT2D eigenvalue weighted by Crippen LogP contribution is -2.19. The van der Waals surface area contributed by atoms with Crippen LogP contribution in [0.1, 0.15) is 21.8 Å². The van der Waals surface area contributed by atoms with Gasteiger partial charge in [0.1, 0.15) is 11.4 Å². The van der Waals surface area contributed by atoms with Crippen LogP contribution in [0.3, 0.4) is 0 Å². The van der Waals surface area contributed by atoms with Gasteiger partial charge in [0.05, 0.1) is 24.0 Å². The second-order valence-electron chi connectivity index (χ2n) is 5.96. The van der Waals surface area contributed by atoms with Crippen molar-refractivity contribution >= 4 is 27.3 Å². The first-order valence-electron chi connectivity index (χ1n) is 8.32. The van der Waals surface area contributed by atoms with E-state index in [2.05, 4.69) is 15.2 Å². The van der Waals surface area contributed by atoms with Crippen LogP contribution in [0.4, 0.5) is 11.4 Å². The number of ether oxygens (including phenoxy) is 1. The number of benzene rings is 2. The number of para-hydroxylation sites is 3. The van der Waals surface area contributed by atoms with E-state index in [1.165, 1.54) is 33.1 Å². The molecule has 2 aromatic carbocycles. The molecule has 0 unspecified atom stereocenters. The average Bonchev–Trinajstić information content (AvgIpc) is 3.01. The van der Waals surface area contributed by atoms with Gasteiger partial charge in [-0.25, -0.2) is 8.42 Å². The van der Waals surface area contributed by atoms with Crippen LogP contribution in [-0.2, 0) is 10.0 Å². The molecule has 3 rings (SSSR count). The maximum atomic E-state index is 12.8. The number of carbonyl (C=O) groups is 1. The van der Waals surface area contributed by atoms with Crippen molar-refractivity contribution in [3.05, 3.63) is 65.5 Å². The van der Waals surface area contributed by atoms with Gasteiger partial charge in [0.15, 0.2) is 10.7 Å². The van der Waals surface area contributed by atoms with E-state index >= 15 is 0 Å². The number of amides is 1. The number of carbonyl (C=O) groups excluding carboxylic acids is 1. The molecule has 1 heterocycles. The maximum absolute atomic E-state index is 12.8. The highest BCUT2D eigenvalue weighted by Crippen LogP contribution is 2.27. The van der Waals surface area contributed by atoms with E-state index in [0.29, 0.717) is 11.4 Å².